The summed E-state index contributed by atoms with van der Waals surface area (Å²) in [7, 11) is 4.15. The molecule has 13 heteroatoms. The average Bonchev–Trinajstić information content (AvgIpc) is 3.08. The Morgan fingerprint density at radius 2 is 1.97 bits per heavy atom. The van der Waals surface area contributed by atoms with Gasteiger partial charge in [0.15, 0.2) is 6.29 Å². The molecule has 0 aliphatic carbocycles. The molecule has 0 atom stereocenters. The summed E-state index contributed by atoms with van der Waals surface area (Å²) < 4.78 is 30.0. The highest BCUT2D eigenvalue weighted by Gasteiger charge is 2.34. The quantitative estimate of drug-likeness (QED) is 0.229. The predicted molar refractivity (Wildman–Crippen MR) is 118 cm³/mol. The van der Waals surface area contributed by atoms with Crippen LogP contribution in [0.2, 0.25) is 0 Å². The van der Waals surface area contributed by atoms with Crippen molar-refractivity contribution < 1.29 is 33.0 Å². The Balaban J connectivity index is 0.00000249. The van der Waals surface area contributed by atoms with Gasteiger partial charge in [0, 0.05) is 24.2 Å². The Bertz CT molecular complexity index is 1070. The lowest BCUT2D eigenvalue weighted by Gasteiger charge is -2.19. The Labute approximate surface area is 190 Å². The van der Waals surface area contributed by atoms with Gasteiger partial charge in [-0.2, -0.15) is 5.10 Å². The van der Waals surface area contributed by atoms with Gasteiger partial charge < -0.3 is 26.0 Å². The highest BCUT2D eigenvalue weighted by Crippen LogP contribution is 2.32. The maximum Gasteiger partial charge on any atom is 0.261 e. The molecule has 32 heavy (non-hydrogen) atoms. The number of hydrogen-bond donors (Lipinski definition) is 4. The molecule has 0 saturated heterocycles. The van der Waals surface area contributed by atoms with Gasteiger partial charge in [-0.3, -0.25) is 14.3 Å². The van der Waals surface area contributed by atoms with Crippen LogP contribution >= 0.6 is 10.7 Å². The third kappa shape index (κ3) is 6.26. The van der Waals surface area contributed by atoms with E-state index in [-0.39, 0.29) is 46.3 Å². The molecular formula is C19H27ClN4O7S. The summed E-state index contributed by atoms with van der Waals surface area (Å²) in [6, 6.07) is 3.52. The number of aliphatic hydroxyl groups is 2. The first kappa shape index (κ1) is 27.5. The molecule has 0 unspecified atom stereocenters. The number of anilines is 1. The molecule has 1 amide bonds. The van der Waals surface area contributed by atoms with E-state index in [1.54, 1.807) is 0 Å². The Hall–Kier alpha value is -2.51. The van der Waals surface area contributed by atoms with Gasteiger partial charge in [0.05, 0.1) is 22.8 Å². The zero-order chi connectivity index (χ0) is 24.7. The van der Waals surface area contributed by atoms with Gasteiger partial charge in [-0.15, -0.1) is 0 Å². The first-order valence-electron chi connectivity index (χ1n) is 9.54. The van der Waals surface area contributed by atoms with Crippen molar-refractivity contribution in [1.82, 2.24) is 9.78 Å². The predicted octanol–water partition coefficient (Wildman–Crippen LogP) is 1.32. The van der Waals surface area contributed by atoms with Gasteiger partial charge in [0.25, 0.3) is 15.0 Å². The number of aromatic nitrogens is 2. The highest BCUT2D eigenvalue weighted by molar-refractivity contribution is 8.13. The normalized spacial score (nSPS) is 11.4. The van der Waals surface area contributed by atoms with Crippen LogP contribution in [-0.4, -0.2) is 54.3 Å². The number of rotatable bonds is 9. The minimum absolute atomic E-state index is 0.0891. The number of nitrogens with zero attached hydrogens (tertiary/aromatic N) is 2. The van der Waals surface area contributed by atoms with Crippen molar-refractivity contribution in [2.45, 2.75) is 37.4 Å². The molecule has 2 aromatic rings. The number of carbonyl (C=O) groups excluding carboxylic acids is 2. The largest absolute Gasteiger partial charge is 0.493 e. The van der Waals surface area contributed by atoms with E-state index in [1.165, 1.54) is 33.2 Å². The summed E-state index contributed by atoms with van der Waals surface area (Å²) in [5.41, 5.74) is 3.66. The zero-order valence-corrected chi connectivity index (χ0v) is 19.7. The molecule has 2 rings (SSSR count). The Kier molecular flexibility index (Phi) is 9.79. The summed E-state index contributed by atoms with van der Waals surface area (Å²) in [6.07, 6.45) is 0.856. The van der Waals surface area contributed by atoms with Crippen molar-refractivity contribution in [3.63, 3.8) is 0 Å². The summed E-state index contributed by atoms with van der Waals surface area (Å²) in [5, 5.41) is 26.7. The number of nitrogens with one attached hydrogen (secondary N) is 1. The Morgan fingerprint density at radius 1 is 1.34 bits per heavy atom. The van der Waals surface area contributed by atoms with Gasteiger partial charge in [0.2, 0.25) is 5.79 Å². The van der Waals surface area contributed by atoms with Crippen molar-refractivity contribution in [2.24, 2.45) is 12.8 Å². The van der Waals surface area contributed by atoms with E-state index in [2.05, 4.69) is 16.1 Å². The number of nitrogens with two attached hydrogens (primary N) is 1. The van der Waals surface area contributed by atoms with Gasteiger partial charge in [-0.05, 0) is 31.7 Å². The fourth-order valence-electron chi connectivity index (χ4n) is 2.60. The number of amides is 1. The van der Waals surface area contributed by atoms with Crippen LogP contribution in [0.3, 0.4) is 0 Å². The second-order valence-electron chi connectivity index (χ2n) is 6.42. The molecule has 1 aromatic carbocycles. The smallest absolute Gasteiger partial charge is 0.261 e. The van der Waals surface area contributed by atoms with E-state index in [0.29, 0.717) is 12.7 Å². The molecule has 178 valence electrons. The van der Waals surface area contributed by atoms with Crippen LogP contribution < -0.4 is 15.8 Å². The highest BCUT2D eigenvalue weighted by atomic mass is 35.7. The fraction of sp³-hybridized carbons (Fsp3) is 0.421. The van der Waals surface area contributed by atoms with E-state index >= 15 is 0 Å². The van der Waals surface area contributed by atoms with Crippen molar-refractivity contribution >= 4 is 37.6 Å². The van der Waals surface area contributed by atoms with Crippen LogP contribution in [0, 0.1) is 0 Å². The summed E-state index contributed by atoms with van der Waals surface area (Å²) >= 11 is 0. The SMILES string of the molecule is CCCOc1ccc(S(=O)(=O)Cl)cc1C(=O)Nc1c(C(O)(O)CC)nn(C)c1C=O.CN. The fourth-order valence-corrected chi connectivity index (χ4v) is 3.38. The van der Waals surface area contributed by atoms with E-state index in [4.69, 9.17) is 15.4 Å². The molecule has 1 heterocycles. The molecule has 5 N–H and O–H groups in total. The Morgan fingerprint density at radius 3 is 2.47 bits per heavy atom. The van der Waals surface area contributed by atoms with Crippen LogP contribution in [0.5, 0.6) is 5.75 Å². The molecule has 0 fully saturated rings. The van der Waals surface area contributed by atoms with Gasteiger partial charge in [-0.1, -0.05) is 13.8 Å². The van der Waals surface area contributed by atoms with Crippen molar-refractivity contribution in [3.05, 3.63) is 35.2 Å². The molecule has 1 aromatic heterocycles. The van der Waals surface area contributed by atoms with Crippen LogP contribution in [0.1, 0.15) is 53.2 Å². The summed E-state index contributed by atoms with van der Waals surface area (Å²) in [5.74, 6) is -3.18. The van der Waals surface area contributed by atoms with Crippen LogP contribution in [0.15, 0.2) is 23.1 Å². The zero-order valence-electron chi connectivity index (χ0n) is 18.1. The van der Waals surface area contributed by atoms with E-state index in [9.17, 15) is 28.2 Å². The molecule has 0 aliphatic heterocycles. The molecule has 0 saturated carbocycles. The minimum atomic E-state index is -4.13. The summed E-state index contributed by atoms with van der Waals surface area (Å²) in [4.78, 5) is 24.1. The molecular weight excluding hydrogens is 464 g/mol. The topological polar surface area (TPSA) is 174 Å². The maximum absolute atomic E-state index is 13.0. The lowest BCUT2D eigenvalue weighted by atomic mass is 10.1. The van der Waals surface area contributed by atoms with E-state index in [0.717, 1.165) is 10.7 Å². The minimum Gasteiger partial charge on any atom is -0.493 e. The molecule has 11 nitrogen and oxygen atoms in total. The third-order valence-corrected chi connectivity index (χ3v) is 5.60. The number of hydrogen-bond acceptors (Lipinski definition) is 9. The first-order valence-corrected chi connectivity index (χ1v) is 11.8. The van der Waals surface area contributed by atoms with Crippen LogP contribution in [0.25, 0.3) is 0 Å². The monoisotopic (exact) mass is 490 g/mol. The third-order valence-electron chi connectivity index (χ3n) is 4.25. The molecule has 0 aliphatic rings. The number of halogens is 1. The van der Waals surface area contributed by atoms with E-state index in [1.807, 2.05) is 6.92 Å². The molecule has 0 radical (unpaired) electrons. The van der Waals surface area contributed by atoms with Crippen molar-refractivity contribution in [2.75, 3.05) is 19.0 Å². The molecule has 0 spiro atoms. The summed E-state index contributed by atoms with van der Waals surface area (Å²) in [6.45, 7) is 3.59. The number of aldehydes is 1. The van der Waals surface area contributed by atoms with Gasteiger partial charge in [0.1, 0.15) is 17.1 Å². The van der Waals surface area contributed by atoms with Crippen LogP contribution in [-0.2, 0) is 21.9 Å². The van der Waals surface area contributed by atoms with Crippen LogP contribution in [0.4, 0.5) is 5.69 Å². The lowest BCUT2D eigenvalue weighted by molar-refractivity contribution is -0.173. The lowest BCUT2D eigenvalue weighted by Crippen LogP contribution is -2.27. The number of carbonyl (C=O) groups is 2. The van der Waals surface area contributed by atoms with Crippen molar-refractivity contribution in [1.29, 1.82) is 0 Å². The van der Waals surface area contributed by atoms with E-state index < -0.39 is 20.7 Å². The maximum atomic E-state index is 13.0. The average molecular weight is 491 g/mol. The molecule has 0 bridgehead atoms. The second-order valence-corrected chi connectivity index (χ2v) is 8.98. The first-order chi connectivity index (χ1) is 15.0. The number of benzene rings is 1. The standard InChI is InChI=1S/C18H22ClN3O7S.CH5N/c1-4-8-29-14-7-6-11(30(19,27)28)9-12(14)17(24)20-15-13(10-23)22(3)21-16(15)18(25,26)5-2;1-2/h6-7,9-10,25-26H,4-5,8H2,1-3H3,(H,20,24);2H2,1H3. The number of ether oxygens (including phenoxy) is 1. The number of aryl methyl sites for hydroxylation is 1. The second kappa shape index (κ2) is 11.4. The van der Waals surface area contributed by atoms with Gasteiger partial charge in [-0.25, -0.2) is 8.42 Å². The van der Waals surface area contributed by atoms with Crippen molar-refractivity contribution in [3.8, 4) is 5.75 Å². The van der Waals surface area contributed by atoms with Gasteiger partial charge >= 0.3 is 0 Å².